The van der Waals surface area contributed by atoms with E-state index >= 15 is 0 Å². The highest BCUT2D eigenvalue weighted by Crippen LogP contribution is 2.21. The van der Waals surface area contributed by atoms with Crippen LogP contribution in [-0.2, 0) is 30.7 Å². The summed E-state index contributed by atoms with van der Waals surface area (Å²) >= 11 is 0. The third-order valence-corrected chi connectivity index (χ3v) is 5.14. The van der Waals surface area contributed by atoms with E-state index in [4.69, 9.17) is 0 Å². The summed E-state index contributed by atoms with van der Waals surface area (Å²) in [5, 5.41) is 9.96. The maximum atomic E-state index is 12.6. The van der Waals surface area contributed by atoms with Gasteiger partial charge >= 0.3 is 0 Å². The van der Waals surface area contributed by atoms with Gasteiger partial charge in [0.1, 0.15) is 0 Å². The first-order chi connectivity index (χ1) is 14.6. The van der Waals surface area contributed by atoms with Crippen molar-refractivity contribution in [1.29, 1.82) is 0 Å². The third kappa shape index (κ3) is 4.51. The van der Waals surface area contributed by atoms with Gasteiger partial charge in [0.25, 0.3) is 5.91 Å². The molecule has 9 heteroatoms. The number of carbonyl (C=O) groups excluding carboxylic acids is 2. The number of amides is 2. The molecule has 0 atom stereocenters. The van der Waals surface area contributed by atoms with Gasteiger partial charge in [0.2, 0.25) is 5.91 Å². The molecule has 0 saturated heterocycles. The van der Waals surface area contributed by atoms with E-state index < -0.39 is 0 Å². The van der Waals surface area contributed by atoms with Crippen molar-refractivity contribution >= 4 is 11.8 Å². The molecule has 2 N–H and O–H groups in total. The Bertz CT molecular complexity index is 1030. The van der Waals surface area contributed by atoms with E-state index in [-0.39, 0.29) is 18.4 Å². The molecular formula is C21H23N7O2. The fourth-order valence-electron chi connectivity index (χ4n) is 3.44. The lowest BCUT2D eigenvalue weighted by Gasteiger charge is -2.27. The lowest BCUT2D eigenvalue weighted by molar-refractivity contribution is -0.132. The van der Waals surface area contributed by atoms with Crippen LogP contribution < -0.4 is 5.32 Å². The number of nitrogens with one attached hydrogen (secondary N) is 2. The predicted molar refractivity (Wildman–Crippen MR) is 108 cm³/mol. The molecule has 0 aromatic carbocycles. The van der Waals surface area contributed by atoms with E-state index in [1.165, 1.54) is 0 Å². The second-order valence-electron chi connectivity index (χ2n) is 7.28. The fourth-order valence-corrected chi connectivity index (χ4v) is 3.44. The van der Waals surface area contributed by atoms with Crippen molar-refractivity contribution < 1.29 is 9.59 Å². The lowest BCUT2D eigenvalue weighted by Crippen LogP contribution is -2.36. The standard InChI is InChI=1S/C21H23N7O2/c1-14-10-24-16(11-23-14)12-25-21(30)20-17-6-9-28(13-18(17)26-27-20)19(29)3-2-15-4-7-22-8-5-15/h4-5,7-8,10-11H,2-3,6,9,12-13H2,1H3,(H,25,30)(H,26,27). The van der Waals surface area contributed by atoms with Crippen LogP contribution in [0, 0.1) is 6.92 Å². The second-order valence-corrected chi connectivity index (χ2v) is 7.28. The smallest absolute Gasteiger partial charge is 0.272 e. The quantitative estimate of drug-likeness (QED) is 0.639. The molecule has 0 unspecified atom stereocenters. The number of rotatable bonds is 6. The summed E-state index contributed by atoms with van der Waals surface area (Å²) in [6.07, 6.45) is 8.50. The van der Waals surface area contributed by atoms with E-state index in [9.17, 15) is 9.59 Å². The van der Waals surface area contributed by atoms with Crippen LogP contribution in [0.2, 0.25) is 0 Å². The molecule has 30 heavy (non-hydrogen) atoms. The van der Waals surface area contributed by atoms with Gasteiger partial charge < -0.3 is 10.2 Å². The Morgan fingerprint density at radius 3 is 2.80 bits per heavy atom. The summed E-state index contributed by atoms with van der Waals surface area (Å²) in [5.74, 6) is -0.164. The molecule has 4 rings (SSSR count). The summed E-state index contributed by atoms with van der Waals surface area (Å²) in [7, 11) is 0. The average Bonchev–Trinajstić information content (AvgIpc) is 3.21. The Hall–Kier alpha value is -3.62. The van der Waals surface area contributed by atoms with Gasteiger partial charge in [-0.25, -0.2) is 0 Å². The molecule has 0 aliphatic carbocycles. The molecule has 0 spiro atoms. The van der Waals surface area contributed by atoms with E-state index in [0.717, 1.165) is 22.5 Å². The largest absolute Gasteiger partial charge is 0.345 e. The molecule has 1 aliphatic heterocycles. The van der Waals surface area contributed by atoms with Crippen LogP contribution in [0.15, 0.2) is 36.9 Å². The number of hydrogen-bond acceptors (Lipinski definition) is 6. The number of fused-ring (bicyclic) bond motifs is 1. The SMILES string of the molecule is Cc1cnc(CNC(=O)c2n[nH]c3c2CCN(C(=O)CCc2ccncc2)C3)cn1. The predicted octanol–water partition coefficient (Wildman–Crippen LogP) is 1.35. The molecule has 3 aromatic rings. The van der Waals surface area contributed by atoms with Crippen molar-refractivity contribution in [2.24, 2.45) is 0 Å². The molecule has 1 aliphatic rings. The van der Waals surface area contributed by atoms with Crippen LogP contribution in [0.5, 0.6) is 0 Å². The number of aromatic amines is 1. The van der Waals surface area contributed by atoms with Crippen molar-refractivity contribution in [3.05, 3.63) is 70.8 Å². The second kappa shape index (κ2) is 8.81. The summed E-state index contributed by atoms with van der Waals surface area (Å²) in [4.78, 5) is 39.4. The number of nitrogens with zero attached hydrogens (tertiary/aromatic N) is 5. The molecule has 0 saturated carbocycles. The van der Waals surface area contributed by atoms with Gasteiger partial charge in [-0.15, -0.1) is 0 Å². The van der Waals surface area contributed by atoms with Crippen molar-refractivity contribution in [3.63, 3.8) is 0 Å². The van der Waals surface area contributed by atoms with E-state index in [2.05, 4.69) is 30.5 Å². The normalized spacial score (nSPS) is 13.0. The van der Waals surface area contributed by atoms with Crippen LogP contribution in [-0.4, -0.2) is 48.4 Å². The fraction of sp³-hybridized carbons (Fsp3) is 0.333. The molecule has 0 fully saturated rings. The number of pyridine rings is 1. The van der Waals surface area contributed by atoms with Crippen molar-refractivity contribution in [1.82, 2.24) is 35.4 Å². The Morgan fingerprint density at radius 1 is 1.20 bits per heavy atom. The monoisotopic (exact) mass is 405 g/mol. The highest BCUT2D eigenvalue weighted by molar-refractivity contribution is 5.94. The van der Waals surface area contributed by atoms with Crippen molar-refractivity contribution in [3.8, 4) is 0 Å². The molecule has 2 amide bonds. The summed E-state index contributed by atoms with van der Waals surface area (Å²) in [6.45, 7) is 3.16. The molecule has 4 heterocycles. The topological polar surface area (TPSA) is 117 Å². The highest BCUT2D eigenvalue weighted by atomic mass is 16.2. The summed E-state index contributed by atoms with van der Waals surface area (Å²) < 4.78 is 0. The molecular weight excluding hydrogens is 382 g/mol. The van der Waals surface area contributed by atoms with Gasteiger partial charge in [0, 0.05) is 37.1 Å². The Kier molecular flexibility index (Phi) is 5.78. The zero-order valence-corrected chi connectivity index (χ0v) is 16.8. The average molecular weight is 405 g/mol. The molecule has 0 radical (unpaired) electrons. The maximum absolute atomic E-state index is 12.6. The summed E-state index contributed by atoms with van der Waals surface area (Å²) in [5.41, 5.74) is 4.68. The Balaban J connectivity index is 1.33. The molecule has 154 valence electrons. The molecule has 0 bridgehead atoms. The lowest BCUT2D eigenvalue weighted by atomic mass is 10.0. The van der Waals surface area contributed by atoms with Gasteiger partial charge in [-0.1, -0.05) is 0 Å². The highest BCUT2D eigenvalue weighted by Gasteiger charge is 2.27. The minimum Gasteiger partial charge on any atom is -0.345 e. The Labute approximate surface area is 174 Å². The van der Waals surface area contributed by atoms with Crippen LogP contribution in [0.4, 0.5) is 0 Å². The number of aromatic nitrogens is 5. The van der Waals surface area contributed by atoms with Crippen molar-refractivity contribution in [2.45, 2.75) is 39.3 Å². The minimum atomic E-state index is -0.257. The van der Waals surface area contributed by atoms with E-state index in [0.29, 0.717) is 43.7 Å². The molecule has 3 aromatic heterocycles. The number of carbonyl (C=O) groups is 2. The first-order valence-corrected chi connectivity index (χ1v) is 9.88. The molecule has 9 nitrogen and oxygen atoms in total. The van der Waals surface area contributed by atoms with Gasteiger partial charge in [0.15, 0.2) is 5.69 Å². The van der Waals surface area contributed by atoms with Crippen LogP contribution in [0.25, 0.3) is 0 Å². The zero-order valence-electron chi connectivity index (χ0n) is 16.8. The maximum Gasteiger partial charge on any atom is 0.272 e. The Morgan fingerprint density at radius 2 is 2.03 bits per heavy atom. The minimum absolute atomic E-state index is 0.0935. The number of aryl methyl sites for hydroxylation is 2. The van der Waals surface area contributed by atoms with Gasteiger partial charge in [-0.3, -0.25) is 29.6 Å². The number of hydrogen-bond donors (Lipinski definition) is 2. The van der Waals surface area contributed by atoms with Crippen LogP contribution in [0.1, 0.15) is 45.1 Å². The first kappa shape index (κ1) is 19.7. The van der Waals surface area contributed by atoms with Gasteiger partial charge in [0.05, 0.1) is 36.4 Å². The van der Waals surface area contributed by atoms with Crippen LogP contribution in [0.3, 0.4) is 0 Å². The van der Waals surface area contributed by atoms with E-state index in [1.807, 2.05) is 24.0 Å². The zero-order chi connectivity index (χ0) is 20.9. The van der Waals surface area contributed by atoms with Gasteiger partial charge in [-0.05, 0) is 37.5 Å². The van der Waals surface area contributed by atoms with Gasteiger partial charge in [-0.2, -0.15) is 5.10 Å². The van der Waals surface area contributed by atoms with Crippen LogP contribution >= 0.6 is 0 Å². The third-order valence-electron chi connectivity index (χ3n) is 5.14. The number of H-pyrrole nitrogens is 1. The summed E-state index contributed by atoms with van der Waals surface area (Å²) in [6, 6.07) is 3.84. The first-order valence-electron chi connectivity index (χ1n) is 9.88. The van der Waals surface area contributed by atoms with Crippen molar-refractivity contribution in [2.75, 3.05) is 6.54 Å². The van der Waals surface area contributed by atoms with E-state index in [1.54, 1.807) is 24.8 Å².